The van der Waals surface area contributed by atoms with Gasteiger partial charge < -0.3 is 9.73 Å². The van der Waals surface area contributed by atoms with Gasteiger partial charge in [0.05, 0.1) is 17.6 Å². The molecular formula is C22H16F4N8O. The second kappa shape index (κ2) is 9.08. The maximum atomic E-state index is 14.7. The number of fused-ring (bicyclic) bond motifs is 1. The van der Waals surface area contributed by atoms with Crippen LogP contribution in [0.1, 0.15) is 24.8 Å². The number of nitrogens with one attached hydrogen (secondary N) is 1. The number of hydrogen-bond donors (Lipinski definition) is 1. The third-order valence-electron chi connectivity index (χ3n) is 5.06. The zero-order valence-electron chi connectivity index (χ0n) is 18.1. The molecule has 9 nitrogen and oxygen atoms in total. The van der Waals surface area contributed by atoms with E-state index in [4.69, 9.17) is 4.42 Å². The van der Waals surface area contributed by atoms with Gasteiger partial charge in [0, 0.05) is 23.1 Å². The van der Waals surface area contributed by atoms with Gasteiger partial charge in [-0.05, 0) is 54.6 Å². The van der Waals surface area contributed by atoms with E-state index in [1.165, 1.54) is 0 Å². The lowest BCUT2D eigenvalue weighted by Gasteiger charge is -2.05. The lowest BCUT2D eigenvalue weighted by atomic mass is 10.1. The minimum absolute atomic E-state index is 0.0811. The predicted octanol–water partition coefficient (Wildman–Crippen LogP) is 4.63. The summed E-state index contributed by atoms with van der Waals surface area (Å²) in [6.07, 6.45) is -3.02. The van der Waals surface area contributed by atoms with Crippen molar-refractivity contribution in [3.63, 3.8) is 0 Å². The molecule has 0 saturated heterocycles. The fraction of sp³-hybridized carbons (Fsp3) is 0.182. The van der Waals surface area contributed by atoms with Gasteiger partial charge in [0.2, 0.25) is 5.82 Å². The molecule has 2 aromatic carbocycles. The van der Waals surface area contributed by atoms with Crippen molar-refractivity contribution in [2.75, 3.05) is 11.9 Å². The van der Waals surface area contributed by atoms with Gasteiger partial charge in [-0.1, -0.05) is 0 Å². The summed E-state index contributed by atoms with van der Waals surface area (Å²) < 4.78 is 59.2. The Bertz CT molecular complexity index is 1520. The fourth-order valence-electron chi connectivity index (χ4n) is 3.43. The molecule has 178 valence electrons. The molecule has 13 heteroatoms. The number of benzene rings is 2. The van der Waals surface area contributed by atoms with Gasteiger partial charge in [-0.2, -0.15) is 13.6 Å². The third-order valence-corrected chi connectivity index (χ3v) is 5.06. The highest BCUT2D eigenvalue weighted by Gasteiger charge is 2.21. The molecule has 0 atom stereocenters. The van der Waals surface area contributed by atoms with Crippen molar-refractivity contribution in [3.8, 4) is 22.8 Å². The Morgan fingerprint density at radius 3 is 2.63 bits per heavy atom. The zero-order valence-corrected chi connectivity index (χ0v) is 18.1. The molecule has 0 bridgehead atoms. The first-order valence-corrected chi connectivity index (χ1v) is 10.4. The van der Waals surface area contributed by atoms with Crippen LogP contribution in [0.3, 0.4) is 0 Å². The minimum Gasteiger partial charge on any atom is -0.415 e. The van der Waals surface area contributed by atoms with Gasteiger partial charge in [-0.15, -0.1) is 20.4 Å². The topological polar surface area (TPSA) is 107 Å². The number of rotatable bonds is 7. The van der Waals surface area contributed by atoms with Gasteiger partial charge in [0.1, 0.15) is 17.5 Å². The molecule has 0 fully saturated rings. The Morgan fingerprint density at radius 1 is 1.00 bits per heavy atom. The highest BCUT2D eigenvalue weighted by molar-refractivity contribution is 5.84. The highest BCUT2D eigenvalue weighted by atomic mass is 19.3. The second-order valence-corrected chi connectivity index (χ2v) is 7.45. The summed E-state index contributed by atoms with van der Waals surface area (Å²) in [4.78, 5) is 5.63. The third kappa shape index (κ3) is 4.52. The molecule has 1 N–H and O–H groups in total. The van der Waals surface area contributed by atoms with Crippen LogP contribution in [0, 0.1) is 11.6 Å². The van der Waals surface area contributed by atoms with Crippen LogP contribution in [0.25, 0.3) is 33.7 Å². The van der Waals surface area contributed by atoms with Crippen LogP contribution in [0.5, 0.6) is 0 Å². The Balaban J connectivity index is 1.37. The van der Waals surface area contributed by atoms with Crippen molar-refractivity contribution in [1.82, 2.24) is 35.4 Å². The Labute approximate surface area is 194 Å². The summed E-state index contributed by atoms with van der Waals surface area (Å²) in [5, 5.41) is 22.7. The van der Waals surface area contributed by atoms with E-state index >= 15 is 0 Å². The average molecular weight is 484 g/mol. The first kappa shape index (κ1) is 22.4. The Morgan fingerprint density at radius 2 is 1.86 bits per heavy atom. The van der Waals surface area contributed by atoms with Gasteiger partial charge in [0.15, 0.2) is 0 Å². The summed E-state index contributed by atoms with van der Waals surface area (Å²) in [6, 6.07) is 10.9. The Kier molecular flexibility index (Phi) is 5.81. The summed E-state index contributed by atoms with van der Waals surface area (Å²) in [5.74, 6) is -2.22. The number of halogens is 4. The number of pyridine rings is 1. The van der Waals surface area contributed by atoms with Crippen LogP contribution in [0.4, 0.5) is 23.4 Å². The molecule has 0 spiro atoms. The zero-order chi connectivity index (χ0) is 24.5. The second-order valence-electron chi connectivity index (χ2n) is 7.45. The highest BCUT2D eigenvalue weighted by Crippen LogP contribution is 2.28. The predicted molar refractivity (Wildman–Crippen MR) is 116 cm³/mol. The Hall–Kier alpha value is -4.42. The molecule has 5 aromatic rings. The van der Waals surface area contributed by atoms with Gasteiger partial charge >= 0.3 is 6.43 Å². The normalized spacial score (nSPS) is 11.5. The first-order valence-electron chi connectivity index (χ1n) is 10.4. The van der Waals surface area contributed by atoms with Crippen LogP contribution < -0.4 is 5.32 Å². The van der Waals surface area contributed by atoms with E-state index in [-0.39, 0.29) is 12.1 Å². The number of hydrogen-bond acceptors (Lipinski definition) is 8. The number of tetrazole rings is 1. The number of aromatic nitrogens is 7. The summed E-state index contributed by atoms with van der Waals surface area (Å²) in [5.41, 5.74) is 0.955. The monoisotopic (exact) mass is 484 g/mol. The van der Waals surface area contributed by atoms with Crippen molar-refractivity contribution in [1.29, 1.82) is 0 Å². The summed E-state index contributed by atoms with van der Waals surface area (Å²) in [6.45, 7) is 2.52. The number of nitrogens with zero attached hydrogens (tertiary/aromatic N) is 7. The number of alkyl halides is 2. The van der Waals surface area contributed by atoms with Crippen LogP contribution in [0.15, 0.2) is 46.9 Å². The molecule has 0 saturated carbocycles. The van der Waals surface area contributed by atoms with Gasteiger partial charge in [0.25, 0.3) is 11.8 Å². The molecule has 0 aliphatic rings. The molecule has 5 rings (SSSR count). The molecule has 3 aromatic heterocycles. The van der Waals surface area contributed by atoms with Gasteiger partial charge in [-0.25, -0.2) is 13.8 Å². The van der Waals surface area contributed by atoms with E-state index < -0.39 is 35.4 Å². The van der Waals surface area contributed by atoms with E-state index in [0.717, 1.165) is 40.2 Å². The lowest BCUT2D eigenvalue weighted by molar-refractivity contribution is 0.116. The molecule has 0 radical (unpaired) electrons. The van der Waals surface area contributed by atoms with Crippen LogP contribution in [-0.4, -0.2) is 41.9 Å². The van der Waals surface area contributed by atoms with Crippen molar-refractivity contribution in [3.05, 3.63) is 65.6 Å². The van der Waals surface area contributed by atoms with E-state index in [1.807, 2.05) is 31.2 Å². The van der Waals surface area contributed by atoms with Crippen molar-refractivity contribution >= 4 is 16.7 Å². The standard InChI is InChI=1S/C22H16F4N8O/c1-2-27-18-6-4-11-7-12(3-5-17(11)28-18)20-29-33-34(32-20)10-13-8-16(24)14(9-15(13)23)21-30-31-22(35-21)19(25)26/h3-9,19H,2,10H2,1H3,(H,27,28). The van der Waals surface area contributed by atoms with E-state index in [1.54, 1.807) is 6.07 Å². The number of anilines is 1. The van der Waals surface area contributed by atoms with E-state index in [0.29, 0.717) is 11.4 Å². The fourth-order valence-corrected chi connectivity index (χ4v) is 3.43. The average Bonchev–Trinajstić information content (AvgIpc) is 3.51. The van der Waals surface area contributed by atoms with Crippen LogP contribution in [0.2, 0.25) is 0 Å². The maximum Gasteiger partial charge on any atom is 0.314 e. The molecule has 0 aliphatic carbocycles. The minimum atomic E-state index is -3.02. The van der Waals surface area contributed by atoms with Crippen molar-refractivity contribution < 1.29 is 22.0 Å². The van der Waals surface area contributed by atoms with Crippen molar-refractivity contribution in [2.45, 2.75) is 19.9 Å². The first-order chi connectivity index (χ1) is 16.9. The maximum absolute atomic E-state index is 14.7. The lowest BCUT2D eigenvalue weighted by Crippen LogP contribution is -2.07. The smallest absolute Gasteiger partial charge is 0.314 e. The molecule has 3 heterocycles. The molecular weight excluding hydrogens is 468 g/mol. The van der Waals surface area contributed by atoms with E-state index in [9.17, 15) is 17.6 Å². The SMILES string of the molecule is CCNc1ccc2cc(-c3nnn(Cc4cc(F)c(-c5nnc(C(F)F)o5)cc4F)n3)ccc2n1. The molecule has 0 unspecified atom stereocenters. The summed E-state index contributed by atoms with van der Waals surface area (Å²) >= 11 is 0. The summed E-state index contributed by atoms with van der Waals surface area (Å²) in [7, 11) is 0. The van der Waals surface area contributed by atoms with Crippen LogP contribution in [-0.2, 0) is 6.54 Å². The van der Waals surface area contributed by atoms with Crippen molar-refractivity contribution in [2.24, 2.45) is 0 Å². The van der Waals surface area contributed by atoms with E-state index in [2.05, 4.69) is 35.9 Å². The quantitative estimate of drug-likeness (QED) is 0.333. The molecule has 0 amide bonds. The molecule has 35 heavy (non-hydrogen) atoms. The molecule has 0 aliphatic heterocycles. The largest absolute Gasteiger partial charge is 0.415 e. The van der Waals surface area contributed by atoms with Gasteiger partial charge in [-0.3, -0.25) is 0 Å². The van der Waals surface area contributed by atoms with Crippen LogP contribution >= 0.6 is 0 Å².